The molecule has 0 radical (unpaired) electrons. The van der Waals surface area contributed by atoms with E-state index in [9.17, 15) is 63.0 Å². The van der Waals surface area contributed by atoms with Gasteiger partial charge in [0.15, 0.2) is 34.9 Å². The SMILES string of the molecule is CC(C)C[C@H](NC(=O)[C@@H](CCCCNC(=O)CCOCCS)CC(=O)[C@H](Cc1ccc(O)cc1)NC(=O)[C@H](CO)CC(=O)[C@H](Cc1c[nH]c2ccccc12)NC(=O)[C@@H](CC(=O)C1CCC(=O)N1)Cc1cnc[nH]1)C(=O)C[C@@H](CCCN=C(N)N)C(=O)N1CCC[C@@H]1C(=O)CCC(N)=O. The number of phenols is 1. The van der Waals surface area contributed by atoms with Crippen LogP contribution in [-0.4, -0.2) is 182 Å². The first-order valence-electron chi connectivity index (χ1n) is 33.8. The molecular weight excluding hydrogens is 1280 g/mol. The molecule has 4 heterocycles. The number of nitrogens with one attached hydrogen (secondary N) is 7. The minimum absolute atomic E-state index is 0.00912. The number of amides is 7. The Morgan fingerprint density at radius 1 is 0.735 bits per heavy atom. The number of hydrogen-bond acceptors (Lipinski definition) is 18. The number of para-hydroxylation sites is 1. The summed E-state index contributed by atoms with van der Waals surface area (Å²) in [6.07, 6.45) is 4.67. The summed E-state index contributed by atoms with van der Waals surface area (Å²) in [5.41, 5.74) is 18.9. The zero-order chi connectivity index (χ0) is 71.3. The van der Waals surface area contributed by atoms with Gasteiger partial charge < -0.3 is 73.6 Å². The smallest absolute Gasteiger partial charge is 0.226 e. The molecule has 2 saturated heterocycles. The fourth-order valence-corrected chi connectivity index (χ4v) is 12.5. The van der Waals surface area contributed by atoms with Gasteiger partial charge in [0.25, 0.3) is 0 Å². The van der Waals surface area contributed by atoms with Crippen LogP contribution in [0.25, 0.3) is 10.9 Å². The molecule has 0 bridgehead atoms. The average Bonchev–Trinajstić information content (AvgIpc) is 1.60. The molecule has 1 unspecified atom stereocenters. The van der Waals surface area contributed by atoms with E-state index < -0.39 is 120 Å². The average molecular weight is 1380 g/mol. The number of imidazole rings is 1. The number of aromatic nitrogens is 3. The molecule has 15 N–H and O–H groups in total. The standard InChI is InChI=1S/C69H97N13O15S/c1-41(2)29-53(60(88)34-44(10-7-24-75-69(71)72)68(96)82-25-8-13-56(82)57(85)19-20-62(70)90)79-65(93)43(9-5-6-23-74-63(91)22-26-97-27-28-98)33-59(87)54(30-42-14-16-49(84)17-15-42)80-67(95)47(39-83)36-61(89)55(32-46-37-76-51-12-4-3-11-50(46)51)81-66(94)45(31-48-38-73-40-77-48)35-58(86)52-18-21-64(92)78-52/h3-4,11-12,14-17,37-38,40-41,43-45,47,52-56,76,83-84,98H,5-10,13,18-36,39H2,1-2H3,(H2,70,90)(H,73,77)(H,74,91)(H,78,92)(H,79,93)(H,80,95)(H,81,94)(H4,71,72,75)/t43-,44+,45+,47-,52?,53-,54-,55-,56+/m0/s1. The molecule has 0 spiro atoms. The molecule has 0 aliphatic carbocycles. The van der Waals surface area contributed by atoms with Crippen molar-refractivity contribution in [1.29, 1.82) is 0 Å². The van der Waals surface area contributed by atoms with Crippen molar-refractivity contribution in [3.05, 3.63) is 84.1 Å². The number of ketones is 5. The lowest BCUT2D eigenvalue weighted by molar-refractivity contribution is -0.143. The molecule has 2 aromatic carbocycles. The summed E-state index contributed by atoms with van der Waals surface area (Å²) in [7, 11) is 0. The molecule has 6 rings (SSSR count). The summed E-state index contributed by atoms with van der Waals surface area (Å²) < 4.78 is 5.39. The van der Waals surface area contributed by atoms with Crippen molar-refractivity contribution in [2.45, 2.75) is 172 Å². The van der Waals surface area contributed by atoms with Gasteiger partial charge in [-0.25, -0.2) is 4.98 Å². The largest absolute Gasteiger partial charge is 0.508 e. The van der Waals surface area contributed by atoms with Gasteiger partial charge in [0.2, 0.25) is 41.4 Å². The van der Waals surface area contributed by atoms with Crippen molar-refractivity contribution in [2.75, 3.05) is 45.2 Å². The van der Waals surface area contributed by atoms with Crippen molar-refractivity contribution in [3.8, 4) is 5.75 Å². The number of H-pyrrole nitrogens is 2. The topological polar surface area (TPSA) is 453 Å². The number of benzene rings is 2. The van der Waals surface area contributed by atoms with Gasteiger partial charge in [-0.1, -0.05) is 50.6 Å². The van der Waals surface area contributed by atoms with Crippen LogP contribution in [0.4, 0.5) is 0 Å². The monoisotopic (exact) mass is 1380 g/mol. The van der Waals surface area contributed by atoms with E-state index in [0.717, 1.165) is 10.9 Å². The molecule has 9 atom stereocenters. The highest BCUT2D eigenvalue weighted by atomic mass is 32.1. The minimum atomic E-state index is -1.51. The third-order valence-corrected chi connectivity index (χ3v) is 17.9. The van der Waals surface area contributed by atoms with Crippen molar-refractivity contribution in [1.82, 2.24) is 46.4 Å². The molecule has 2 fully saturated rings. The number of nitrogens with two attached hydrogens (primary N) is 3. The van der Waals surface area contributed by atoms with Crippen LogP contribution in [0.3, 0.4) is 0 Å². The van der Waals surface area contributed by atoms with Crippen molar-refractivity contribution >= 4 is 99.8 Å². The number of thiol groups is 1. The number of phenolic OH excluding ortho intramolecular Hbond substituents is 1. The number of rotatable bonds is 46. The third kappa shape index (κ3) is 25.5. The van der Waals surface area contributed by atoms with Gasteiger partial charge in [0, 0.05) is 130 Å². The van der Waals surface area contributed by atoms with Crippen LogP contribution in [0.15, 0.2) is 72.2 Å². The summed E-state index contributed by atoms with van der Waals surface area (Å²) in [6.45, 7) is 3.89. The number of likely N-dealkylation sites (tertiary alicyclic amines) is 1. The first-order valence-corrected chi connectivity index (χ1v) is 34.4. The Bertz CT molecular complexity index is 3390. The molecule has 534 valence electrons. The summed E-state index contributed by atoms with van der Waals surface area (Å²) in [5.74, 6) is -11.2. The van der Waals surface area contributed by atoms with Crippen molar-refractivity contribution < 1.29 is 72.5 Å². The highest BCUT2D eigenvalue weighted by Crippen LogP contribution is 2.28. The minimum Gasteiger partial charge on any atom is -0.508 e. The van der Waals surface area contributed by atoms with E-state index >= 15 is 4.79 Å². The maximum atomic E-state index is 15.1. The van der Waals surface area contributed by atoms with E-state index in [1.807, 2.05) is 32.0 Å². The zero-order valence-corrected chi connectivity index (χ0v) is 56.8. The number of unbranched alkanes of at least 4 members (excludes halogenated alkanes) is 1. The molecule has 4 aromatic rings. The zero-order valence-electron chi connectivity index (χ0n) is 55.9. The van der Waals surface area contributed by atoms with Crippen LogP contribution >= 0.6 is 12.6 Å². The number of carbonyl (C=O) groups excluding carboxylic acids is 12. The van der Waals surface area contributed by atoms with Crippen molar-refractivity contribution in [3.63, 3.8) is 0 Å². The Kier molecular flexibility index (Phi) is 32.0. The number of aromatic amines is 2. The van der Waals surface area contributed by atoms with Gasteiger partial charge in [-0.2, -0.15) is 12.6 Å². The number of ether oxygens (including phenoxy) is 1. The summed E-state index contributed by atoms with van der Waals surface area (Å²) >= 11 is 4.12. The lowest BCUT2D eigenvalue weighted by atomic mass is 9.87. The highest BCUT2D eigenvalue weighted by molar-refractivity contribution is 7.80. The molecule has 98 heavy (non-hydrogen) atoms. The Balaban J connectivity index is 1.26. The van der Waals surface area contributed by atoms with Crippen molar-refractivity contribution in [2.24, 2.45) is 51.8 Å². The Morgan fingerprint density at radius 3 is 2.06 bits per heavy atom. The molecule has 28 nitrogen and oxygen atoms in total. The number of guanidine groups is 1. The van der Waals surface area contributed by atoms with Crippen LogP contribution in [-0.2, 0) is 81.5 Å². The van der Waals surface area contributed by atoms with Gasteiger partial charge in [-0.15, -0.1) is 0 Å². The number of aliphatic hydroxyl groups is 1. The first kappa shape index (κ1) is 78.2. The Labute approximate surface area is 575 Å². The van der Waals surface area contributed by atoms with Crippen LogP contribution in [0.2, 0.25) is 0 Å². The Morgan fingerprint density at radius 2 is 1.40 bits per heavy atom. The number of aliphatic hydroxyl groups excluding tert-OH is 1. The molecule has 7 amide bonds. The van der Waals surface area contributed by atoms with Crippen LogP contribution < -0.4 is 43.8 Å². The van der Waals surface area contributed by atoms with Crippen LogP contribution in [0, 0.1) is 29.6 Å². The second-order valence-electron chi connectivity index (χ2n) is 25.8. The van der Waals surface area contributed by atoms with Gasteiger partial charge in [-0.3, -0.25) is 62.5 Å². The molecular formula is C69H97N13O15S. The van der Waals surface area contributed by atoms with Gasteiger partial charge in [-0.05, 0) is 93.0 Å². The molecule has 2 aliphatic heterocycles. The molecule has 2 aliphatic rings. The summed E-state index contributed by atoms with van der Waals surface area (Å²) in [5, 5.41) is 36.0. The highest BCUT2D eigenvalue weighted by Gasteiger charge is 2.40. The van der Waals surface area contributed by atoms with Crippen LogP contribution in [0.5, 0.6) is 5.75 Å². The first-order chi connectivity index (χ1) is 46.9. The van der Waals surface area contributed by atoms with E-state index in [2.05, 4.69) is 59.2 Å². The normalized spacial score (nSPS) is 16.6. The Hall–Kier alpha value is -8.83. The lowest BCUT2D eigenvalue weighted by Crippen LogP contribution is -2.50. The summed E-state index contributed by atoms with van der Waals surface area (Å²) in [6, 6.07) is 7.51. The number of Topliss-reactive ketones (excluding diaryl/α,β-unsaturated/α-hetero) is 5. The number of nitrogens with zero attached hydrogens (tertiary/aromatic N) is 3. The predicted molar refractivity (Wildman–Crippen MR) is 366 cm³/mol. The summed E-state index contributed by atoms with van der Waals surface area (Å²) in [4.78, 5) is 183. The predicted octanol–water partition coefficient (Wildman–Crippen LogP) is 2.20. The molecule has 2 aromatic heterocycles. The van der Waals surface area contributed by atoms with E-state index in [0.29, 0.717) is 48.4 Å². The number of aromatic hydroxyl groups is 1. The number of fused-ring (bicyclic) bond motifs is 1. The van der Waals surface area contributed by atoms with Gasteiger partial charge in [0.05, 0.1) is 68.2 Å². The van der Waals surface area contributed by atoms with Crippen LogP contribution in [0.1, 0.15) is 140 Å². The van der Waals surface area contributed by atoms with E-state index in [-0.39, 0.29) is 164 Å². The van der Waals surface area contributed by atoms with Gasteiger partial charge >= 0.3 is 0 Å². The molecule has 29 heteroatoms. The number of carbonyl (C=O) groups is 12. The van der Waals surface area contributed by atoms with E-state index in [1.165, 1.54) is 41.7 Å². The maximum absolute atomic E-state index is 15.1. The fourth-order valence-electron chi connectivity index (χ4n) is 12.4. The van der Waals surface area contributed by atoms with Gasteiger partial charge in [0.1, 0.15) is 5.75 Å². The second-order valence-corrected chi connectivity index (χ2v) is 26.3. The second kappa shape index (κ2) is 40.2. The fraction of sp³-hybridized carbons (Fsp3) is 0.565. The lowest BCUT2D eigenvalue weighted by Gasteiger charge is -2.29. The number of primary amides is 1. The molecule has 0 saturated carbocycles. The number of hydrogen-bond donors (Lipinski definition) is 13. The number of aliphatic imine (C=N–C) groups is 1. The third-order valence-electron chi connectivity index (χ3n) is 17.7. The quantitative estimate of drug-likeness (QED) is 0.0130. The van der Waals surface area contributed by atoms with E-state index in [1.54, 1.807) is 12.3 Å². The maximum Gasteiger partial charge on any atom is 0.226 e. The van der Waals surface area contributed by atoms with E-state index in [4.69, 9.17) is 21.9 Å².